The van der Waals surface area contributed by atoms with Gasteiger partial charge in [-0.05, 0) is 41.8 Å². The lowest BCUT2D eigenvalue weighted by atomic mass is 9.62. The number of benzene rings is 5. The third kappa shape index (κ3) is 3.39. The van der Waals surface area contributed by atoms with E-state index in [1.165, 1.54) is 70.5 Å². The van der Waals surface area contributed by atoms with Gasteiger partial charge in [-0.25, -0.2) is 15.0 Å². The molecule has 6 bridgehead atoms. The fraction of sp³-hybridized carbons (Fsp3) is 0.159. The molecule has 240 valence electrons. The third-order valence-corrected chi connectivity index (χ3v) is 13.0. The van der Waals surface area contributed by atoms with E-state index in [4.69, 9.17) is 15.0 Å². The van der Waals surface area contributed by atoms with Crippen molar-refractivity contribution in [3.05, 3.63) is 149 Å². The van der Waals surface area contributed by atoms with Crippen molar-refractivity contribution in [3.63, 3.8) is 0 Å². The number of nitrogens with zero attached hydrogens (tertiary/aromatic N) is 5. The molecule has 1 aliphatic carbocycles. The van der Waals surface area contributed by atoms with Crippen LogP contribution in [0.5, 0.6) is 0 Å². The molecular weight excluding hydrogens is 631 g/mol. The zero-order chi connectivity index (χ0) is 33.5. The van der Waals surface area contributed by atoms with Gasteiger partial charge in [-0.15, -0.1) is 11.3 Å². The summed E-state index contributed by atoms with van der Waals surface area (Å²) < 4.78 is 5.00. The van der Waals surface area contributed by atoms with Gasteiger partial charge in [0.2, 0.25) is 0 Å². The van der Waals surface area contributed by atoms with E-state index in [-0.39, 0.29) is 11.8 Å². The molecule has 2 aliphatic heterocycles. The van der Waals surface area contributed by atoms with E-state index in [0.717, 1.165) is 17.0 Å². The standard InChI is InChI=1S/C44H33N5S/c1-24-27-16-8-10-21-32(27)44(3)39-35(24)25(2)36-30-17-9-11-22-33(30)49(42(36)48(39)4)34-23-13-19-29-28-18-12-20-31(37(28)50-38(29)34)41-45-40(46-43(44)47-41)26-14-6-5-7-15-26/h5-25H,1-4H3. The topological polar surface area (TPSA) is 46.8 Å². The minimum absolute atomic E-state index is 0.163. The number of aromatic nitrogens is 4. The molecule has 0 amide bonds. The van der Waals surface area contributed by atoms with Crippen LogP contribution in [0.25, 0.3) is 59.5 Å². The molecule has 50 heavy (non-hydrogen) atoms. The van der Waals surface area contributed by atoms with E-state index >= 15 is 0 Å². The first kappa shape index (κ1) is 28.3. The van der Waals surface area contributed by atoms with Crippen LogP contribution in [0.2, 0.25) is 0 Å². The lowest BCUT2D eigenvalue weighted by molar-refractivity contribution is 0.528. The molecule has 0 spiro atoms. The number of rotatable bonds is 1. The van der Waals surface area contributed by atoms with Crippen molar-refractivity contribution in [2.24, 2.45) is 0 Å². The van der Waals surface area contributed by atoms with Crippen LogP contribution < -0.4 is 4.90 Å². The van der Waals surface area contributed by atoms with Crippen LogP contribution in [-0.4, -0.2) is 26.6 Å². The molecule has 0 radical (unpaired) electrons. The van der Waals surface area contributed by atoms with Crippen molar-refractivity contribution in [1.82, 2.24) is 19.5 Å². The minimum Gasteiger partial charge on any atom is -0.333 e. The van der Waals surface area contributed by atoms with Crippen molar-refractivity contribution in [2.45, 2.75) is 38.0 Å². The second-order valence-corrected chi connectivity index (χ2v) is 15.2. The molecule has 0 saturated heterocycles. The van der Waals surface area contributed by atoms with Crippen LogP contribution in [0.4, 0.5) is 5.82 Å². The number of thiophene rings is 1. The van der Waals surface area contributed by atoms with Gasteiger partial charge in [-0.2, -0.15) is 0 Å². The molecule has 5 aromatic carbocycles. The van der Waals surface area contributed by atoms with Crippen LogP contribution in [0.1, 0.15) is 55.1 Å². The Bertz CT molecular complexity index is 2790. The number of hydrogen-bond donors (Lipinski definition) is 0. The monoisotopic (exact) mass is 663 g/mol. The Morgan fingerprint density at radius 3 is 2.22 bits per heavy atom. The summed E-state index contributed by atoms with van der Waals surface area (Å²) in [7, 11) is 2.27. The minimum atomic E-state index is -0.671. The fourth-order valence-electron chi connectivity index (χ4n) is 9.56. The first-order valence-corrected chi connectivity index (χ1v) is 18.2. The van der Waals surface area contributed by atoms with E-state index in [1.54, 1.807) is 0 Å². The highest BCUT2D eigenvalue weighted by Gasteiger charge is 2.51. The molecule has 5 heterocycles. The summed E-state index contributed by atoms with van der Waals surface area (Å²) in [5.74, 6) is 3.77. The SMILES string of the molecule is CC1C2=C3N(C)c4c(c5ccccc5n4-c4cccc5c4sc4c(cccc45)-c4nc(-c5ccccc5)nc(n4)C3(C)c3ccccc31)C2C. The van der Waals surface area contributed by atoms with Gasteiger partial charge in [0.15, 0.2) is 11.6 Å². The normalized spacial score (nSPS) is 20.4. The van der Waals surface area contributed by atoms with Gasteiger partial charge in [0.25, 0.3) is 0 Å². The van der Waals surface area contributed by atoms with Crippen LogP contribution in [-0.2, 0) is 5.41 Å². The Morgan fingerprint density at radius 2 is 1.36 bits per heavy atom. The summed E-state index contributed by atoms with van der Waals surface area (Å²) in [6, 6.07) is 41.7. The zero-order valence-electron chi connectivity index (χ0n) is 28.3. The van der Waals surface area contributed by atoms with Crippen molar-refractivity contribution in [3.8, 4) is 28.5 Å². The second kappa shape index (κ2) is 9.77. The highest BCUT2D eigenvalue weighted by atomic mass is 32.1. The number of fused-ring (bicyclic) bond motifs is 11. The van der Waals surface area contributed by atoms with Crippen LogP contribution in [0, 0.1) is 0 Å². The van der Waals surface area contributed by atoms with E-state index in [9.17, 15) is 0 Å². The molecule has 5 nitrogen and oxygen atoms in total. The molecule has 6 heteroatoms. The predicted molar refractivity (Wildman–Crippen MR) is 206 cm³/mol. The maximum atomic E-state index is 5.55. The Kier molecular flexibility index (Phi) is 5.52. The van der Waals surface area contributed by atoms with Crippen molar-refractivity contribution >= 4 is 48.2 Å². The van der Waals surface area contributed by atoms with Crippen molar-refractivity contribution in [1.29, 1.82) is 0 Å². The molecule has 3 unspecified atom stereocenters. The highest BCUT2D eigenvalue weighted by molar-refractivity contribution is 7.26. The Hall–Kier alpha value is -5.59. The smallest absolute Gasteiger partial charge is 0.165 e. The summed E-state index contributed by atoms with van der Waals surface area (Å²) in [6.07, 6.45) is 0. The number of hydrogen-bond acceptors (Lipinski definition) is 5. The molecule has 3 atom stereocenters. The van der Waals surface area contributed by atoms with E-state index in [2.05, 4.69) is 146 Å². The highest BCUT2D eigenvalue weighted by Crippen LogP contribution is 2.60. The zero-order valence-corrected chi connectivity index (χ0v) is 29.1. The van der Waals surface area contributed by atoms with Gasteiger partial charge < -0.3 is 4.90 Å². The fourth-order valence-corrected chi connectivity index (χ4v) is 10.9. The third-order valence-electron chi connectivity index (χ3n) is 11.7. The van der Waals surface area contributed by atoms with Crippen molar-refractivity contribution in [2.75, 3.05) is 11.9 Å². The number of para-hydroxylation sites is 1. The Morgan fingerprint density at radius 1 is 0.660 bits per heavy atom. The maximum Gasteiger partial charge on any atom is 0.165 e. The molecule has 0 N–H and O–H groups in total. The van der Waals surface area contributed by atoms with Gasteiger partial charge in [0, 0.05) is 62.1 Å². The summed E-state index contributed by atoms with van der Waals surface area (Å²) in [4.78, 5) is 18.8. The molecule has 11 rings (SSSR count). The lowest BCUT2D eigenvalue weighted by Crippen LogP contribution is -2.45. The van der Waals surface area contributed by atoms with Crippen LogP contribution >= 0.6 is 11.3 Å². The second-order valence-electron chi connectivity index (χ2n) is 14.2. The predicted octanol–water partition coefficient (Wildman–Crippen LogP) is 10.8. The average Bonchev–Trinajstić information content (AvgIpc) is 3.72. The number of likely N-dealkylation sites (N-methyl/N-ethyl adjacent to an activating group) is 1. The van der Waals surface area contributed by atoms with Gasteiger partial charge in [-0.3, -0.25) is 4.57 Å². The average molecular weight is 664 g/mol. The molecule has 0 saturated carbocycles. The Labute approximate surface area is 294 Å². The van der Waals surface area contributed by atoms with E-state index in [1.807, 2.05) is 17.4 Å². The number of allylic oxidation sites excluding steroid dienone is 2. The van der Waals surface area contributed by atoms with Gasteiger partial charge in [0.05, 0.1) is 21.3 Å². The molecule has 3 aromatic heterocycles. The summed E-state index contributed by atoms with van der Waals surface area (Å²) in [5.41, 5.74) is 10.4. The first-order chi connectivity index (χ1) is 24.4. The molecule has 0 fully saturated rings. The lowest BCUT2D eigenvalue weighted by Gasteiger charge is -2.49. The van der Waals surface area contributed by atoms with Crippen LogP contribution in [0.3, 0.4) is 0 Å². The van der Waals surface area contributed by atoms with Gasteiger partial charge >= 0.3 is 0 Å². The maximum absolute atomic E-state index is 5.55. The summed E-state index contributed by atoms with van der Waals surface area (Å²) in [5, 5.41) is 3.78. The van der Waals surface area contributed by atoms with Gasteiger partial charge in [0.1, 0.15) is 11.6 Å². The van der Waals surface area contributed by atoms with E-state index in [0.29, 0.717) is 11.6 Å². The van der Waals surface area contributed by atoms with Crippen LogP contribution in [0.15, 0.2) is 127 Å². The van der Waals surface area contributed by atoms with E-state index < -0.39 is 5.41 Å². The summed E-state index contributed by atoms with van der Waals surface area (Å²) >= 11 is 1.85. The Balaban J connectivity index is 1.39. The van der Waals surface area contributed by atoms with Crippen molar-refractivity contribution < 1.29 is 0 Å². The largest absolute Gasteiger partial charge is 0.333 e. The molecule has 3 aliphatic rings. The molecular formula is C44H33N5S. The molecule has 8 aromatic rings. The summed E-state index contributed by atoms with van der Waals surface area (Å²) in [6.45, 7) is 7.16. The number of anilines is 1. The van der Waals surface area contributed by atoms with Gasteiger partial charge in [-0.1, -0.05) is 111 Å². The first-order valence-electron chi connectivity index (χ1n) is 17.4. The quantitative estimate of drug-likeness (QED) is 0.175.